The molecule has 0 amide bonds. The van der Waals surface area contributed by atoms with Gasteiger partial charge in [-0.15, -0.1) is 0 Å². The van der Waals surface area contributed by atoms with E-state index in [2.05, 4.69) is 5.32 Å². The lowest BCUT2D eigenvalue weighted by atomic mass is 9.90. The minimum Gasteiger partial charge on any atom is -0.480 e. The van der Waals surface area contributed by atoms with Gasteiger partial charge in [0.1, 0.15) is 0 Å². The van der Waals surface area contributed by atoms with Crippen LogP contribution >= 0.6 is 0 Å². The Kier molecular flexibility index (Phi) is 5.33. The Hall–Kier alpha value is -1.43. The highest BCUT2D eigenvalue weighted by Crippen LogP contribution is 2.30. The van der Waals surface area contributed by atoms with Crippen molar-refractivity contribution in [2.75, 3.05) is 20.3 Å². The van der Waals surface area contributed by atoms with Crippen molar-refractivity contribution in [2.45, 2.75) is 37.5 Å². The van der Waals surface area contributed by atoms with Gasteiger partial charge in [0.25, 0.3) is 0 Å². The smallest absolute Gasteiger partial charge is 0.331 e. The summed E-state index contributed by atoms with van der Waals surface area (Å²) in [6.07, 6.45) is 1.86. The number of methoxy groups -OCH3 is 1. The highest BCUT2D eigenvalue weighted by molar-refractivity contribution is 5.81. The number of carboxylic acids is 1. The molecule has 5 nitrogen and oxygen atoms in total. The van der Waals surface area contributed by atoms with Gasteiger partial charge in [-0.25, -0.2) is 4.79 Å². The number of hydrogen-bond donors (Lipinski definition) is 2. The van der Waals surface area contributed by atoms with Gasteiger partial charge in [-0.1, -0.05) is 30.3 Å². The summed E-state index contributed by atoms with van der Waals surface area (Å²) >= 11 is 0. The van der Waals surface area contributed by atoms with Crippen LogP contribution in [0.5, 0.6) is 0 Å². The molecule has 1 fully saturated rings. The topological polar surface area (TPSA) is 67.8 Å². The summed E-state index contributed by atoms with van der Waals surface area (Å²) in [4.78, 5) is 12.0. The summed E-state index contributed by atoms with van der Waals surface area (Å²) in [6, 6.07) is 9.48. The fraction of sp³-hybridized carbons (Fsp3) is 0.562. The third kappa shape index (κ3) is 4.03. The molecule has 1 aliphatic carbocycles. The van der Waals surface area contributed by atoms with Crippen LogP contribution in [-0.2, 0) is 19.8 Å². The molecule has 0 spiro atoms. The van der Waals surface area contributed by atoms with Crippen molar-refractivity contribution >= 4 is 5.97 Å². The van der Waals surface area contributed by atoms with Crippen molar-refractivity contribution in [3.05, 3.63) is 35.9 Å². The zero-order chi connectivity index (χ0) is 15.3. The molecular formula is C16H23NO4. The maximum absolute atomic E-state index is 12.0. The Morgan fingerprint density at radius 1 is 1.43 bits per heavy atom. The highest BCUT2D eigenvalue weighted by atomic mass is 16.5. The number of rotatable bonds is 9. The second-order valence-electron chi connectivity index (χ2n) is 5.57. The van der Waals surface area contributed by atoms with E-state index in [1.54, 1.807) is 7.11 Å². The van der Waals surface area contributed by atoms with Gasteiger partial charge in [-0.3, -0.25) is 5.32 Å². The Bertz CT molecular complexity index is 461. The van der Waals surface area contributed by atoms with Crippen LogP contribution in [0, 0.1) is 0 Å². The molecule has 21 heavy (non-hydrogen) atoms. The number of ether oxygens (including phenoxy) is 2. The molecule has 0 heterocycles. The zero-order valence-electron chi connectivity index (χ0n) is 12.5. The van der Waals surface area contributed by atoms with E-state index in [9.17, 15) is 9.90 Å². The lowest BCUT2D eigenvalue weighted by Gasteiger charge is -2.32. The molecule has 1 aromatic carbocycles. The number of carboxylic acid groups (broad SMARTS) is 1. The molecule has 2 N–H and O–H groups in total. The largest absolute Gasteiger partial charge is 0.480 e. The molecule has 0 bridgehead atoms. The lowest BCUT2D eigenvalue weighted by molar-refractivity contribution is -0.150. The molecule has 0 saturated heterocycles. The molecular weight excluding hydrogens is 270 g/mol. The maximum atomic E-state index is 12.0. The van der Waals surface area contributed by atoms with Crippen LogP contribution in [0.2, 0.25) is 0 Å². The van der Waals surface area contributed by atoms with Crippen molar-refractivity contribution in [3.63, 3.8) is 0 Å². The molecule has 0 aromatic heterocycles. The summed E-state index contributed by atoms with van der Waals surface area (Å²) in [5.41, 5.74) is -0.487. The predicted octanol–water partition coefficient (Wildman–Crippen LogP) is 1.77. The Morgan fingerprint density at radius 2 is 2.10 bits per heavy atom. The van der Waals surface area contributed by atoms with E-state index in [0.717, 1.165) is 12.8 Å². The van der Waals surface area contributed by atoms with Crippen LogP contribution in [0.1, 0.15) is 25.3 Å². The molecule has 2 unspecified atom stereocenters. The van der Waals surface area contributed by atoms with Crippen molar-refractivity contribution in [1.82, 2.24) is 5.32 Å². The molecule has 1 aliphatic rings. The van der Waals surface area contributed by atoms with E-state index < -0.39 is 11.5 Å². The molecule has 0 aliphatic heterocycles. The van der Waals surface area contributed by atoms with Crippen molar-refractivity contribution in [3.8, 4) is 0 Å². The van der Waals surface area contributed by atoms with Gasteiger partial charge >= 0.3 is 5.97 Å². The predicted molar refractivity (Wildman–Crippen MR) is 79.2 cm³/mol. The summed E-state index contributed by atoms with van der Waals surface area (Å²) in [5, 5.41) is 13.1. The minimum atomic E-state index is -1.20. The summed E-state index contributed by atoms with van der Waals surface area (Å²) < 4.78 is 10.8. The molecule has 2 rings (SSSR count). The van der Waals surface area contributed by atoms with E-state index >= 15 is 0 Å². The number of carbonyl (C=O) groups is 1. The average molecular weight is 293 g/mol. The van der Waals surface area contributed by atoms with Crippen LogP contribution in [-0.4, -0.2) is 43.5 Å². The van der Waals surface area contributed by atoms with Crippen molar-refractivity contribution in [1.29, 1.82) is 0 Å². The van der Waals surface area contributed by atoms with Gasteiger partial charge in [-0.05, 0) is 25.3 Å². The normalized spacial score (nSPS) is 19.0. The van der Waals surface area contributed by atoms with Crippen molar-refractivity contribution < 1.29 is 19.4 Å². The van der Waals surface area contributed by atoms with Gasteiger partial charge in [-0.2, -0.15) is 0 Å². The fourth-order valence-electron chi connectivity index (χ4n) is 2.30. The van der Waals surface area contributed by atoms with Crippen LogP contribution in [0.15, 0.2) is 30.3 Å². The van der Waals surface area contributed by atoms with Crippen molar-refractivity contribution in [2.24, 2.45) is 0 Å². The molecule has 1 aromatic rings. The van der Waals surface area contributed by atoms with Gasteiger partial charge < -0.3 is 14.6 Å². The lowest BCUT2D eigenvalue weighted by Crippen LogP contribution is -2.54. The fourth-order valence-corrected chi connectivity index (χ4v) is 2.30. The first-order valence-corrected chi connectivity index (χ1v) is 7.25. The summed E-state index contributed by atoms with van der Waals surface area (Å²) in [6.45, 7) is 2.39. The SMILES string of the molecule is COCC(C)OCC(NC1CC1)(C(=O)O)c1ccccc1. The van der Waals surface area contributed by atoms with Gasteiger partial charge in [0.15, 0.2) is 5.54 Å². The Labute approximate surface area is 125 Å². The number of aliphatic carboxylic acids is 1. The maximum Gasteiger partial charge on any atom is 0.331 e. The zero-order valence-corrected chi connectivity index (χ0v) is 12.5. The molecule has 0 radical (unpaired) electrons. The number of benzene rings is 1. The second kappa shape index (κ2) is 7.02. The molecule has 5 heteroatoms. The first-order chi connectivity index (χ1) is 10.1. The van der Waals surface area contributed by atoms with E-state index in [1.165, 1.54) is 0 Å². The van der Waals surface area contributed by atoms with Gasteiger partial charge in [0.2, 0.25) is 0 Å². The van der Waals surface area contributed by atoms with Crippen LogP contribution in [0.3, 0.4) is 0 Å². The highest BCUT2D eigenvalue weighted by Gasteiger charge is 2.44. The van der Waals surface area contributed by atoms with Crippen LogP contribution < -0.4 is 5.32 Å². The third-order valence-electron chi connectivity index (χ3n) is 3.65. The molecule has 116 valence electrons. The third-order valence-corrected chi connectivity index (χ3v) is 3.65. The Morgan fingerprint density at radius 3 is 2.62 bits per heavy atom. The van der Waals surface area contributed by atoms with E-state index in [-0.39, 0.29) is 18.8 Å². The number of nitrogens with one attached hydrogen (secondary N) is 1. The second-order valence-corrected chi connectivity index (χ2v) is 5.57. The summed E-state index contributed by atoms with van der Waals surface area (Å²) in [5.74, 6) is -0.912. The average Bonchev–Trinajstić information content (AvgIpc) is 3.28. The molecule has 2 atom stereocenters. The van der Waals surface area contributed by atoms with E-state index in [4.69, 9.17) is 9.47 Å². The minimum absolute atomic E-state index is 0.0768. The van der Waals surface area contributed by atoms with Crippen LogP contribution in [0.25, 0.3) is 0 Å². The quantitative estimate of drug-likeness (QED) is 0.726. The molecule has 1 saturated carbocycles. The van der Waals surface area contributed by atoms with E-state index in [1.807, 2.05) is 37.3 Å². The van der Waals surface area contributed by atoms with Gasteiger partial charge in [0, 0.05) is 13.2 Å². The summed E-state index contributed by atoms with van der Waals surface area (Å²) in [7, 11) is 1.60. The van der Waals surface area contributed by atoms with Crippen LogP contribution in [0.4, 0.5) is 0 Å². The number of hydrogen-bond acceptors (Lipinski definition) is 4. The Balaban J connectivity index is 2.20. The van der Waals surface area contributed by atoms with E-state index in [0.29, 0.717) is 12.2 Å². The first-order valence-electron chi connectivity index (χ1n) is 7.25. The standard InChI is InChI=1S/C16H23NO4/c1-12(10-20-2)21-11-16(15(18)19,17-14-8-9-14)13-6-4-3-5-7-13/h3-7,12,14,17H,8-11H2,1-2H3,(H,18,19). The van der Waals surface area contributed by atoms with Gasteiger partial charge in [0.05, 0.1) is 19.3 Å². The first kappa shape index (κ1) is 15.9. The monoisotopic (exact) mass is 293 g/mol.